The SMILES string of the molecule is CCc1nc(Cc2ccccc2)sc1C1CCN(CC2CCC[C@@H]2c2cccc(F)c2)CC1.CNC(C(=O)O)C(C)C. The van der Waals surface area contributed by atoms with E-state index in [4.69, 9.17) is 10.1 Å². The molecule has 1 saturated heterocycles. The number of hydrogen-bond acceptors (Lipinski definition) is 5. The zero-order chi connectivity index (χ0) is 30.1. The molecule has 3 atom stereocenters. The molecule has 0 spiro atoms. The number of likely N-dealkylation sites (tertiary alicyclic amines) is 1. The van der Waals surface area contributed by atoms with E-state index in [-0.39, 0.29) is 11.7 Å². The van der Waals surface area contributed by atoms with Gasteiger partial charge in [-0.25, -0.2) is 9.37 Å². The minimum absolute atomic E-state index is 0.0955. The first-order valence-corrected chi connectivity index (χ1v) is 16.5. The monoisotopic (exact) mass is 593 g/mol. The van der Waals surface area contributed by atoms with Crippen LogP contribution in [-0.4, -0.2) is 53.7 Å². The fourth-order valence-corrected chi connectivity index (χ4v) is 8.07. The highest BCUT2D eigenvalue weighted by Gasteiger charge is 2.32. The molecule has 1 aromatic heterocycles. The Morgan fingerprint density at radius 3 is 2.43 bits per heavy atom. The Hall–Kier alpha value is -2.61. The lowest BCUT2D eigenvalue weighted by Crippen LogP contribution is -2.38. The van der Waals surface area contributed by atoms with Crippen molar-refractivity contribution in [2.45, 2.75) is 83.6 Å². The van der Waals surface area contributed by atoms with E-state index >= 15 is 0 Å². The molecule has 2 N–H and O–H groups in total. The predicted molar refractivity (Wildman–Crippen MR) is 171 cm³/mol. The van der Waals surface area contributed by atoms with E-state index in [2.05, 4.69) is 53.5 Å². The summed E-state index contributed by atoms with van der Waals surface area (Å²) in [5.41, 5.74) is 3.88. The highest BCUT2D eigenvalue weighted by Crippen LogP contribution is 2.41. The van der Waals surface area contributed by atoms with Crippen LogP contribution in [0.25, 0.3) is 0 Å². The van der Waals surface area contributed by atoms with Crippen molar-refractivity contribution >= 4 is 17.3 Å². The van der Waals surface area contributed by atoms with Crippen LogP contribution < -0.4 is 5.32 Å². The maximum atomic E-state index is 13.8. The first-order valence-electron chi connectivity index (χ1n) is 15.7. The van der Waals surface area contributed by atoms with Crippen LogP contribution in [0.1, 0.15) is 91.4 Å². The van der Waals surface area contributed by atoms with Crippen LogP contribution in [0, 0.1) is 17.7 Å². The number of halogens is 1. The average molecular weight is 594 g/mol. The smallest absolute Gasteiger partial charge is 0.320 e. The van der Waals surface area contributed by atoms with Gasteiger partial charge in [0.25, 0.3) is 0 Å². The van der Waals surface area contributed by atoms with E-state index in [1.165, 1.54) is 67.0 Å². The molecule has 2 fully saturated rings. The quantitative estimate of drug-likeness (QED) is 0.255. The zero-order valence-corrected chi connectivity index (χ0v) is 26.5. The summed E-state index contributed by atoms with van der Waals surface area (Å²) in [6, 6.07) is 17.6. The molecular formula is C35H48FN3O2S. The molecule has 42 heavy (non-hydrogen) atoms. The molecule has 2 aliphatic rings. The van der Waals surface area contributed by atoms with Crippen LogP contribution in [0.4, 0.5) is 4.39 Å². The van der Waals surface area contributed by atoms with Crippen LogP contribution in [-0.2, 0) is 17.6 Å². The molecule has 0 amide bonds. The Morgan fingerprint density at radius 1 is 1.10 bits per heavy atom. The van der Waals surface area contributed by atoms with E-state index in [0.717, 1.165) is 19.4 Å². The van der Waals surface area contributed by atoms with Gasteiger partial charge in [0.15, 0.2) is 0 Å². The largest absolute Gasteiger partial charge is 0.480 e. The number of carboxylic acids is 1. The second kappa shape index (κ2) is 15.7. The van der Waals surface area contributed by atoms with Gasteiger partial charge in [-0.1, -0.05) is 69.7 Å². The van der Waals surface area contributed by atoms with Gasteiger partial charge in [0, 0.05) is 17.8 Å². The summed E-state index contributed by atoms with van der Waals surface area (Å²) in [4.78, 5) is 19.6. The van der Waals surface area contributed by atoms with E-state index < -0.39 is 12.0 Å². The number of likely N-dealkylation sites (N-methyl/N-ethyl adjacent to an activating group) is 1. The number of aliphatic carboxylic acids is 1. The van der Waals surface area contributed by atoms with Gasteiger partial charge >= 0.3 is 5.97 Å². The molecule has 228 valence electrons. The molecule has 5 rings (SSSR count). The normalized spacial score (nSPS) is 20.3. The Balaban J connectivity index is 0.000000392. The predicted octanol–water partition coefficient (Wildman–Crippen LogP) is 7.51. The Morgan fingerprint density at radius 2 is 1.83 bits per heavy atom. The number of carbonyl (C=O) groups is 1. The molecule has 3 aromatic rings. The summed E-state index contributed by atoms with van der Waals surface area (Å²) in [5.74, 6) is 1.10. The second-order valence-electron chi connectivity index (χ2n) is 12.2. The lowest BCUT2D eigenvalue weighted by atomic mass is 9.87. The summed E-state index contributed by atoms with van der Waals surface area (Å²) in [6.45, 7) is 9.49. The van der Waals surface area contributed by atoms with Crippen molar-refractivity contribution in [2.24, 2.45) is 11.8 Å². The number of hydrogen-bond donors (Lipinski definition) is 2. The Bertz CT molecular complexity index is 1260. The highest BCUT2D eigenvalue weighted by atomic mass is 32.1. The maximum absolute atomic E-state index is 13.8. The summed E-state index contributed by atoms with van der Waals surface area (Å²) in [6.07, 6.45) is 8.19. The van der Waals surface area contributed by atoms with Crippen molar-refractivity contribution in [2.75, 3.05) is 26.7 Å². The van der Waals surface area contributed by atoms with Crippen molar-refractivity contribution in [1.82, 2.24) is 15.2 Å². The van der Waals surface area contributed by atoms with Gasteiger partial charge < -0.3 is 15.3 Å². The lowest BCUT2D eigenvalue weighted by molar-refractivity contribution is -0.140. The van der Waals surface area contributed by atoms with Gasteiger partial charge in [-0.3, -0.25) is 4.79 Å². The standard InChI is InChI=1S/C29H35FN2S.C6H13NO2/c1-2-27-29(33-28(31-27)18-21-8-4-3-5-9-21)22-14-16-32(17-15-22)20-24-11-7-13-26(24)23-10-6-12-25(30)19-23;1-4(2)5(7-3)6(8)9/h3-6,8-10,12,19,22,24,26H,2,7,11,13-18,20H2,1H3;4-5,7H,1-3H3,(H,8,9)/t24?,26-;/m1./s1. The van der Waals surface area contributed by atoms with Crippen molar-refractivity contribution in [3.05, 3.63) is 87.1 Å². The molecule has 1 saturated carbocycles. The first-order chi connectivity index (χ1) is 20.3. The van der Waals surface area contributed by atoms with Gasteiger partial charge in [0.1, 0.15) is 11.9 Å². The van der Waals surface area contributed by atoms with E-state index in [1.807, 2.05) is 31.3 Å². The average Bonchev–Trinajstić information content (AvgIpc) is 3.61. The van der Waals surface area contributed by atoms with Crippen LogP contribution in [0.15, 0.2) is 54.6 Å². The van der Waals surface area contributed by atoms with Crippen LogP contribution in [0.5, 0.6) is 0 Å². The van der Waals surface area contributed by atoms with Crippen LogP contribution >= 0.6 is 11.3 Å². The number of nitrogens with one attached hydrogen (secondary N) is 1. The second-order valence-corrected chi connectivity index (χ2v) is 13.3. The number of rotatable bonds is 10. The number of piperidine rings is 1. The first kappa shape index (κ1) is 32.3. The van der Waals surface area contributed by atoms with Crippen molar-refractivity contribution < 1.29 is 14.3 Å². The number of benzene rings is 2. The molecule has 5 nitrogen and oxygen atoms in total. The zero-order valence-electron chi connectivity index (χ0n) is 25.7. The van der Waals surface area contributed by atoms with Crippen LogP contribution in [0.2, 0.25) is 0 Å². The third-order valence-corrected chi connectivity index (χ3v) is 10.2. The third-order valence-electron chi connectivity index (χ3n) is 8.94. The van der Waals surface area contributed by atoms with Gasteiger partial charge in [0.05, 0.1) is 10.7 Å². The number of aryl methyl sites for hydroxylation is 1. The third kappa shape index (κ3) is 8.71. The molecule has 2 aromatic carbocycles. The van der Waals surface area contributed by atoms with Gasteiger partial charge in [-0.05, 0) is 99.2 Å². The van der Waals surface area contributed by atoms with Crippen molar-refractivity contribution in [3.63, 3.8) is 0 Å². The topological polar surface area (TPSA) is 65.5 Å². The number of aromatic nitrogens is 1. The van der Waals surface area contributed by atoms with E-state index in [0.29, 0.717) is 17.8 Å². The van der Waals surface area contributed by atoms with Crippen molar-refractivity contribution in [1.29, 1.82) is 0 Å². The molecule has 1 aliphatic carbocycles. The fraction of sp³-hybridized carbons (Fsp3) is 0.543. The summed E-state index contributed by atoms with van der Waals surface area (Å²) >= 11 is 1.95. The minimum atomic E-state index is -0.785. The summed E-state index contributed by atoms with van der Waals surface area (Å²) < 4.78 is 13.8. The number of carboxylic acid groups (broad SMARTS) is 1. The number of thiazole rings is 1. The maximum Gasteiger partial charge on any atom is 0.320 e. The fourth-order valence-electron chi connectivity index (χ4n) is 6.72. The molecular weight excluding hydrogens is 545 g/mol. The van der Waals surface area contributed by atoms with Crippen LogP contribution in [0.3, 0.4) is 0 Å². The van der Waals surface area contributed by atoms with E-state index in [1.54, 1.807) is 24.1 Å². The summed E-state index contributed by atoms with van der Waals surface area (Å²) in [7, 11) is 1.65. The summed E-state index contributed by atoms with van der Waals surface area (Å²) in [5, 5.41) is 12.4. The van der Waals surface area contributed by atoms with Gasteiger partial charge in [-0.15, -0.1) is 11.3 Å². The van der Waals surface area contributed by atoms with Crippen molar-refractivity contribution in [3.8, 4) is 0 Å². The highest BCUT2D eigenvalue weighted by molar-refractivity contribution is 7.11. The molecule has 7 heteroatoms. The lowest BCUT2D eigenvalue weighted by Gasteiger charge is -2.35. The molecule has 2 unspecified atom stereocenters. The Labute approximate surface area is 255 Å². The number of nitrogens with zero attached hydrogens (tertiary/aromatic N) is 2. The minimum Gasteiger partial charge on any atom is -0.480 e. The van der Waals surface area contributed by atoms with E-state index in [9.17, 15) is 9.18 Å². The Kier molecular flexibility index (Phi) is 12.1. The molecule has 0 radical (unpaired) electrons. The van der Waals surface area contributed by atoms with Gasteiger partial charge in [-0.2, -0.15) is 0 Å². The molecule has 1 aliphatic heterocycles. The molecule has 2 heterocycles. The molecule has 0 bridgehead atoms. The van der Waals surface area contributed by atoms with Gasteiger partial charge in [0.2, 0.25) is 0 Å².